The molecule has 1 rings (SSSR count). The maximum absolute atomic E-state index is 9.10. The molecule has 1 atom stereocenters. The Labute approximate surface area is 128 Å². The zero-order chi connectivity index (χ0) is 16.3. The highest BCUT2D eigenvalue weighted by Gasteiger charge is 2.04. The first-order chi connectivity index (χ1) is 9.90. The molecule has 0 spiro atoms. The fourth-order valence-corrected chi connectivity index (χ4v) is 1.75. The molecule has 1 aromatic carbocycles. The average molecular weight is 315 g/mol. The molecule has 0 saturated heterocycles. The second kappa shape index (κ2) is 11.1. The standard InChI is InChI=1S/C12H19NOS.C2H2O4/c1-10(9-14-2)13-8-11-4-6-12(15-3)7-5-11;3-1(4)2(5)6/h4-7,10,13H,8-9H2,1-3H3;(H,3,4)(H,5,6). The van der Waals surface area contributed by atoms with Crippen LogP contribution in [0.2, 0.25) is 0 Å². The molecular formula is C14H21NO5S. The minimum atomic E-state index is -1.82. The zero-order valence-electron chi connectivity index (χ0n) is 12.3. The normalized spacial score (nSPS) is 11.2. The smallest absolute Gasteiger partial charge is 0.414 e. The largest absolute Gasteiger partial charge is 0.473 e. The third kappa shape index (κ3) is 9.89. The van der Waals surface area contributed by atoms with Gasteiger partial charge >= 0.3 is 11.9 Å². The molecule has 0 aliphatic heterocycles. The minimum Gasteiger partial charge on any atom is -0.473 e. The van der Waals surface area contributed by atoms with Crippen LogP contribution in [0.25, 0.3) is 0 Å². The van der Waals surface area contributed by atoms with E-state index in [2.05, 4.69) is 42.8 Å². The Morgan fingerprint density at radius 3 is 2.14 bits per heavy atom. The Hall–Kier alpha value is -1.57. The van der Waals surface area contributed by atoms with Crippen molar-refractivity contribution in [1.29, 1.82) is 0 Å². The number of benzene rings is 1. The number of carbonyl (C=O) groups is 2. The predicted octanol–water partition coefficient (Wildman–Crippen LogP) is 1.69. The van der Waals surface area contributed by atoms with Crippen molar-refractivity contribution in [3.63, 3.8) is 0 Å². The number of hydrogen-bond acceptors (Lipinski definition) is 5. The molecule has 0 bridgehead atoms. The summed E-state index contributed by atoms with van der Waals surface area (Å²) in [5.74, 6) is -3.65. The highest BCUT2D eigenvalue weighted by molar-refractivity contribution is 7.98. The molecule has 0 aliphatic carbocycles. The number of aliphatic carboxylic acids is 2. The van der Waals surface area contributed by atoms with Gasteiger partial charge in [-0.2, -0.15) is 0 Å². The van der Waals surface area contributed by atoms with Crippen molar-refractivity contribution in [2.24, 2.45) is 0 Å². The summed E-state index contributed by atoms with van der Waals surface area (Å²) in [6.07, 6.45) is 2.09. The molecule has 0 aliphatic rings. The van der Waals surface area contributed by atoms with Crippen LogP contribution < -0.4 is 5.32 Å². The minimum absolute atomic E-state index is 0.398. The summed E-state index contributed by atoms with van der Waals surface area (Å²) in [5.41, 5.74) is 1.32. The molecule has 0 aromatic heterocycles. The van der Waals surface area contributed by atoms with Crippen molar-refractivity contribution < 1.29 is 24.5 Å². The molecular weight excluding hydrogens is 294 g/mol. The number of methoxy groups -OCH3 is 1. The van der Waals surface area contributed by atoms with E-state index in [1.807, 2.05) is 0 Å². The molecule has 1 aromatic rings. The molecule has 0 fully saturated rings. The van der Waals surface area contributed by atoms with Crippen LogP contribution in [-0.4, -0.2) is 48.2 Å². The van der Waals surface area contributed by atoms with Crippen LogP contribution in [0.15, 0.2) is 29.2 Å². The lowest BCUT2D eigenvalue weighted by molar-refractivity contribution is -0.159. The van der Waals surface area contributed by atoms with Crippen LogP contribution in [0.4, 0.5) is 0 Å². The van der Waals surface area contributed by atoms with Crippen LogP contribution >= 0.6 is 11.8 Å². The lowest BCUT2D eigenvalue weighted by Gasteiger charge is -2.12. The molecule has 3 N–H and O–H groups in total. The first-order valence-electron chi connectivity index (χ1n) is 6.22. The highest BCUT2D eigenvalue weighted by Crippen LogP contribution is 2.14. The van der Waals surface area contributed by atoms with E-state index in [9.17, 15) is 0 Å². The van der Waals surface area contributed by atoms with Crippen molar-refractivity contribution in [1.82, 2.24) is 5.32 Å². The van der Waals surface area contributed by atoms with Gasteiger partial charge in [0.25, 0.3) is 0 Å². The number of carboxylic acids is 2. The fourth-order valence-electron chi connectivity index (χ4n) is 1.34. The Balaban J connectivity index is 0.000000567. The second-order valence-corrected chi connectivity index (χ2v) is 5.08. The first kappa shape index (κ1) is 19.4. The number of nitrogens with one attached hydrogen (secondary N) is 1. The molecule has 0 amide bonds. The van der Waals surface area contributed by atoms with Gasteiger partial charge in [0, 0.05) is 24.6 Å². The first-order valence-corrected chi connectivity index (χ1v) is 7.44. The maximum atomic E-state index is 9.10. The van der Waals surface area contributed by atoms with E-state index in [0.717, 1.165) is 13.2 Å². The van der Waals surface area contributed by atoms with Gasteiger partial charge < -0.3 is 20.3 Å². The average Bonchev–Trinajstić information content (AvgIpc) is 2.46. The molecule has 1 unspecified atom stereocenters. The number of carboxylic acid groups (broad SMARTS) is 2. The van der Waals surface area contributed by atoms with Gasteiger partial charge in [-0.05, 0) is 30.9 Å². The van der Waals surface area contributed by atoms with Crippen molar-refractivity contribution in [3.8, 4) is 0 Å². The topological polar surface area (TPSA) is 95.9 Å². The van der Waals surface area contributed by atoms with Crippen molar-refractivity contribution in [2.45, 2.75) is 24.4 Å². The number of thioether (sulfide) groups is 1. The second-order valence-electron chi connectivity index (χ2n) is 4.20. The summed E-state index contributed by atoms with van der Waals surface area (Å²) >= 11 is 1.77. The van der Waals surface area contributed by atoms with Crippen LogP contribution in [0.3, 0.4) is 0 Å². The zero-order valence-corrected chi connectivity index (χ0v) is 13.1. The van der Waals surface area contributed by atoms with Gasteiger partial charge in [-0.3, -0.25) is 0 Å². The third-order valence-corrected chi connectivity index (χ3v) is 3.16. The van der Waals surface area contributed by atoms with E-state index in [0.29, 0.717) is 6.04 Å². The molecule has 0 radical (unpaired) electrons. The Bertz CT molecular complexity index is 423. The lowest BCUT2D eigenvalue weighted by atomic mass is 10.2. The van der Waals surface area contributed by atoms with Crippen LogP contribution in [0, 0.1) is 0 Å². The molecule has 7 heteroatoms. The van der Waals surface area contributed by atoms with E-state index in [-0.39, 0.29) is 0 Å². The summed E-state index contributed by atoms with van der Waals surface area (Å²) in [6.45, 7) is 3.78. The van der Waals surface area contributed by atoms with E-state index in [1.165, 1.54) is 10.5 Å². The summed E-state index contributed by atoms with van der Waals surface area (Å²) in [5, 5.41) is 18.2. The molecule has 118 valence electrons. The van der Waals surface area contributed by atoms with Gasteiger partial charge in [0.15, 0.2) is 0 Å². The Kier molecular flexibility index (Phi) is 10.3. The molecule has 21 heavy (non-hydrogen) atoms. The van der Waals surface area contributed by atoms with Gasteiger partial charge in [0.1, 0.15) is 0 Å². The number of rotatable bonds is 6. The summed E-state index contributed by atoms with van der Waals surface area (Å²) < 4.78 is 5.06. The molecule has 6 nitrogen and oxygen atoms in total. The van der Waals surface area contributed by atoms with Crippen LogP contribution in [-0.2, 0) is 20.9 Å². The highest BCUT2D eigenvalue weighted by atomic mass is 32.2. The van der Waals surface area contributed by atoms with Gasteiger partial charge in [-0.15, -0.1) is 11.8 Å². The Morgan fingerprint density at radius 2 is 1.76 bits per heavy atom. The van der Waals surface area contributed by atoms with Crippen molar-refractivity contribution in [3.05, 3.63) is 29.8 Å². The number of ether oxygens (including phenoxy) is 1. The third-order valence-electron chi connectivity index (χ3n) is 2.41. The van der Waals surface area contributed by atoms with Crippen LogP contribution in [0.1, 0.15) is 12.5 Å². The van der Waals surface area contributed by atoms with Gasteiger partial charge in [-0.25, -0.2) is 9.59 Å². The van der Waals surface area contributed by atoms with Gasteiger partial charge in [0.2, 0.25) is 0 Å². The van der Waals surface area contributed by atoms with E-state index < -0.39 is 11.9 Å². The van der Waals surface area contributed by atoms with E-state index in [4.69, 9.17) is 24.5 Å². The molecule has 0 heterocycles. The van der Waals surface area contributed by atoms with Crippen molar-refractivity contribution in [2.75, 3.05) is 20.0 Å². The summed E-state index contributed by atoms with van der Waals surface area (Å²) in [4.78, 5) is 19.5. The van der Waals surface area contributed by atoms with E-state index >= 15 is 0 Å². The maximum Gasteiger partial charge on any atom is 0.414 e. The lowest BCUT2D eigenvalue weighted by Crippen LogP contribution is -2.29. The van der Waals surface area contributed by atoms with Gasteiger partial charge in [-0.1, -0.05) is 12.1 Å². The van der Waals surface area contributed by atoms with Crippen molar-refractivity contribution >= 4 is 23.7 Å². The fraction of sp³-hybridized carbons (Fsp3) is 0.429. The Morgan fingerprint density at radius 1 is 1.24 bits per heavy atom. The molecule has 0 saturated carbocycles. The number of hydrogen-bond donors (Lipinski definition) is 3. The summed E-state index contributed by atoms with van der Waals surface area (Å²) in [6, 6.07) is 9.04. The quantitative estimate of drug-likeness (QED) is 0.543. The van der Waals surface area contributed by atoms with E-state index in [1.54, 1.807) is 18.9 Å². The van der Waals surface area contributed by atoms with Gasteiger partial charge in [0.05, 0.1) is 6.61 Å². The monoisotopic (exact) mass is 315 g/mol. The SMILES string of the molecule is COCC(C)NCc1ccc(SC)cc1.O=C(O)C(=O)O. The van der Waals surface area contributed by atoms with Crippen LogP contribution in [0.5, 0.6) is 0 Å². The predicted molar refractivity (Wildman–Crippen MR) is 81.7 cm³/mol. The summed E-state index contributed by atoms with van der Waals surface area (Å²) in [7, 11) is 1.73.